The Kier molecular flexibility index (Phi) is 5.59. The lowest BCUT2D eigenvalue weighted by Gasteiger charge is -2.09. The summed E-state index contributed by atoms with van der Waals surface area (Å²) in [6.07, 6.45) is 0. The van der Waals surface area contributed by atoms with Crippen LogP contribution in [0.2, 0.25) is 5.02 Å². The van der Waals surface area contributed by atoms with Gasteiger partial charge in [0.2, 0.25) is 0 Å². The molecule has 0 bridgehead atoms. The number of hydrogen-bond donors (Lipinski definition) is 1. The molecule has 0 fully saturated rings. The van der Waals surface area contributed by atoms with Crippen LogP contribution in [0.1, 0.15) is 39.0 Å². The Hall–Kier alpha value is -2.97. The minimum Gasteiger partial charge on any atom is -0.295 e. The SMILES string of the molecule is CC(=O)c1ccc(S(=O)(=O)NC(=O)c2ccc(-n3nc(C)c(Cl)c3C)cc2)cc1. The highest BCUT2D eigenvalue weighted by atomic mass is 35.5. The summed E-state index contributed by atoms with van der Waals surface area (Å²) < 4.78 is 28.5. The van der Waals surface area contributed by atoms with Crippen molar-refractivity contribution in [2.24, 2.45) is 0 Å². The molecule has 150 valence electrons. The predicted octanol–water partition coefficient (Wildman–Crippen LogP) is 3.46. The Labute approximate surface area is 173 Å². The topological polar surface area (TPSA) is 98.1 Å². The molecular formula is C20H18ClN3O4S. The fraction of sp³-hybridized carbons (Fsp3) is 0.150. The van der Waals surface area contributed by atoms with Crippen molar-refractivity contribution in [1.82, 2.24) is 14.5 Å². The minimum atomic E-state index is -4.07. The van der Waals surface area contributed by atoms with Gasteiger partial charge in [0.25, 0.3) is 15.9 Å². The van der Waals surface area contributed by atoms with Crippen molar-refractivity contribution in [2.75, 3.05) is 0 Å². The van der Waals surface area contributed by atoms with Crippen LogP contribution in [0, 0.1) is 13.8 Å². The highest BCUT2D eigenvalue weighted by molar-refractivity contribution is 7.90. The van der Waals surface area contributed by atoms with E-state index >= 15 is 0 Å². The average molecular weight is 432 g/mol. The van der Waals surface area contributed by atoms with E-state index in [1.165, 1.54) is 43.3 Å². The van der Waals surface area contributed by atoms with Crippen LogP contribution in [0.5, 0.6) is 0 Å². The fourth-order valence-corrected chi connectivity index (χ4v) is 3.83. The molecule has 0 aliphatic heterocycles. The summed E-state index contributed by atoms with van der Waals surface area (Å²) in [7, 11) is -4.07. The molecule has 1 amide bonds. The summed E-state index contributed by atoms with van der Waals surface area (Å²) >= 11 is 6.16. The van der Waals surface area contributed by atoms with E-state index < -0.39 is 15.9 Å². The van der Waals surface area contributed by atoms with E-state index in [-0.39, 0.29) is 16.2 Å². The minimum absolute atomic E-state index is 0.107. The van der Waals surface area contributed by atoms with Crippen LogP contribution in [0.3, 0.4) is 0 Å². The van der Waals surface area contributed by atoms with Gasteiger partial charge in [-0.25, -0.2) is 17.8 Å². The molecule has 29 heavy (non-hydrogen) atoms. The molecule has 0 aliphatic rings. The number of Topliss-reactive ketones (excluding diaryl/α,β-unsaturated/α-hetero) is 1. The zero-order valence-corrected chi connectivity index (χ0v) is 17.5. The number of carbonyl (C=O) groups is 2. The van der Waals surface area contributed by atoms with Crippen molar-refractivity contribution in [3.8, 4) is 5.69 Å². The summed E-state index contributed by atoms with van der Waals surface area (Å²) in [5, 5.41) is 4.90. The average Bonchev–Trinajstić information content (AvgIpc) is 2.95. The molecule has 1 heterocycles. The van der Waals surface area contributed by atoms with Crippen molar-refractivity contribution < 1.29 is 18.0 Å². The molecule has 3 aromatic rings. The Morgan fingerprint density at radius 2 is 1.52 bits per heavy atom. The largest absolute Gasteiger partial charge is 0.295 e. The zero-order valence-electron chi connectivity index (χ0n) is 15.9. The molecule has 0 saturated carbocycles. The second-order valence-corrected chi connectivity index (χ2v) is 8.52. The van der Waals surface area contributed by atoms with Gasteiger partial charge in [-0.2, -0.15) is 5.10 Å². The van der Waals surface area contributed by atoms with Gasteiger partial charge in [0.05, 0.1) is 27.0 Å². The third-order valence-electron chi connectivity index (χ3n) is 4.38. The standard InChI is InChI=1S/C20H18ClN3O4S/c1-12-19(21)13(2)24(22-12)17-8-4-16(5-9-17)20(26)23-29(27,28)18-10-6-15(7-11-18)14(3)25/h4-11H,1-3H3,(H,23,26). The lowest BCUT2D eigenvalue weighted by molar-refractivity contribution is 0.0979. The van der Waals surface area contributed by atoms with Crippen LogP contribution in [0.25, 0.3) is 5.69 Å². The number of benzene rings is 2. The lowest BCUT2D eigenvalue weighted by Crippen LogP contribution is -2.30. The van der Waals surface area contributed by atoms with E-state index in [1.807, 2.05) is 11.6 Å². The number of carbonyl (C=O) groups excluding carboxylic acids is 2. The molecule has 7 nitrogen and oxygen atoms in total. The number of nitrogens with one attached hydrogen (secondary N) is 1. The first-order valence-electron chi connectivity index (χ1n) is 8.60. The van der Waals surface area contributed by atoms with Crippen molar-refractivity contribution >= 4 is 33.3 Å². The quantitative estimate of drug-likeness (QED) is 0.624. The van der Waals surface area contributed by atoms with Crippen LogP contribution < -0.4 is 4.72 Å². The second kappa shape index (κ2) is 7.81. The highest BCUT2D eigenvalue weighted by Crippen LogP contribution is 2.22. The molecular weight excluding hydrogens is 414 g/mol. The van der Waals surface area contributed by atoms with Gasteiger partial charge >= 0.3 is 0 Å². The molecule has 3 rings (SSSR count). The van der Waals surface area contributed by atoms with Crippen molar-refractivity contribution in [2.45, 2.75) is 25.7 Å². The third kappa shape index (κ3) is 4.23. The number of halogens is 1. The normalized spacial score (nSPS) is 11.3. The number of nitrogens with zero attached hydrogens (tertiary/aromatic N) is 2. The number of aryl methyl sites for hydroxylation is 1. The van der Waals surface area contributed by atoms with Gasteiger partial charge in [-0.15, -0.1) is 0 Å². The molecule has 0 spiro atoms. The predicted molar refractivity (Wildman–Crippen MR) is 109 cm³/mol. The Bertz CT molecular complexity index is 1200. The second-order valence-electron chi connectivity index (χ2n) is 6.46. The first kappa shape index (κ1) is 20.8. The summed E-state index contributed by atoms with van der Waals surface area (Å²) in [4.78, 5) is 23.6. The van der Waals surface area contributed by atoms with Crippen LogP contribution in [-0.2, 0) is 10.0 Å². The first-order chi connectivity index (χ1) is 13.6. The molecule has 2 aromatic carbocycles. The summed E-state index contributed by atoms with van der Waals surface area (Å²) in [6.45, 7) is 5.00. The number of ketones is 1. The summed E-state index contributed by atoms with van der Waals surface area (Å²) in [5.74, 6) is -0.944. The van der Waals surface area contributed by atoms with Gasteiger partial charge in [-0.05, 0) is 57.2 Å². The molecule has 1 N–H and O–H groups in total. The van der Waals surface area contributed by atoms with E-state index in [2.05, 4.69) is 5.10 Å². The summed E-state index contributed by atoms with van der Waals surface area (Å²) in [5.41, 5.74) is 2.70. The van der Waals surface area contributed by atoms with E-state index in [1.54, 1.807) is 23.7 Å². The van der Waals surface area contributed by atoms with Gasteiger partial charge in [0, 0.05) is 11.1 Å². The molecule has 0 atom stereocenters. The Morgan fingerprint density at radius 1 is 0.966 bits per heavy atom. The van der Waals surface area contributed by atoms with Crippen LogP contribution in [0.15, 0.2) is 53.4 Å². The Morgan fingerprint density at radius 3 is 2.00 bits per heavy atom. The maximum atomic E-state index is 12.4. The van der Waals surface area contributed by atoms with Crippen molar-refractivity contribution in [3.05, 3.63) is 76.1 Å². The number of rotatable bonds is 5. The molecule has 1 aromatic heterocycles. The van der Waals surface area contributed by atoms with E-state index in [0.29, 0.717) is 22.0 Å². The van der Waals surface area contributed by atoms with Crippen molar-refractivity contribution in [1.29, 1.82) is 0 Å². The number of amides is 1. The maximum Gasteiger partial charge on any atom is 0.264 e. The fourth-order valence-electron chi connectivity index (χ4n) is 2.74. The number of aromatic nitrogens is 2. The number of hydrogen-bond acceptors (Lipinski definition) is 5. The van der Waals surface area contributed by atoms with Gasteiger partial charge < -0.3 is 0 Å². The molecule has 9 heteroatoms. The number of sulfonamides is 1. The van der Waals surface area contributed by atoms with Crippen LogP contribution in [-0.4, -0.2) is 29.9 Å². The van der Waals surface area contributed by atoms with Crippen LogP contribution in [0.4, 0.5) is 0 Å². The molecule has 0 aliphatic carbocycles. The first-order valence-corrected chi connectivity index (χ1v) is 10.5. The molecule has 0 saturated heterocycles. The third-order valence-corrected chi connectivity index (χ3v) is 6.27. The monoisotopic (exact) mass is 431 g/mol. The van der Waals surface area contributed by atoms with Gasteiger partial charge in [-0.3, -0.25) is 9.59 Å². The van der Waals surface area contributed by atoms with Gasteiger partial charge in [0.1, 0.15) is 0 Å². The zero-order chi connectivity index (χ0) is 21.3. The van der Waals surface area contributed by atoms with Crippen molar-refractivity contribution in [3.63, 3.8) is 0 Å². The highest BCUT2D eigenvalue weighted by Gasteiger charge is 2.19. The molecule has 0 unspecified atom stereocenters. The van der Waals surface area contributed by atoms with E-state index in [9.17, 15) is 18.0 Å². The molecule has 0 radical (unpaired) electrons. The van der Waals surface area contributed by atoms with Crippen LogP contribution >= 0.6 is 11.6 Å². The lowest BCUT2D eigenvalue weighted by atomic mass is 10.2. The van der Waals surface area contributed by atoms with E-state index in [4.69, 9.17) is 11.6 Å². The van der Waals surface area contributed by atoms with Gasteiger partial charge in [-0.1, -0.05) is 23.7 Å². The van der Waals surface area contributed by atoms with E-state index in [0.717, 1.165) is 5.69 Å². The summed E-state index contributed by atoms with van der Waals surface area (Å²) in [6, 6.07) is 11.7. The smallest absolute Gasteiger partial charge is 0.264 e. The van der Waals surface area contributed by atoms with Gasteiger partial charge in [0.15, 0.2) is 5.78 Å². The Balaban J connectivity index is 1.79. The maximum absolute atomic E-state index is 12.4.